The van der Waals surface area contributed by atoms with Gasteiger partial charge in [-0.1, -0.05) is 53.7 Å². The maximum absolute atomic E-state index is 13.9. The zero-order chi connectivity index (χ0) is 44.5. The lowest BCUT2D eigenvalue weighted by atomic mass is 9.81. The van der Waals surface area contributed by atoms with E-state index in [1.54, 1.807) is 38.2 Å². The Labute approximate surface area is 355 Å². The molecule has 2 aromatic carbocycles. The van der Waals surface area contributed by atoms with Crippen LogP contribution in [0.4, 0.5) is 0 Å². The van der Waals surface area contributed by atoms with Crippen LogP contribution >= 0.6 is 15.6 Å². The summed E-state index contributed by atoms with van der Waals surface area (Å²) in [7, 11) is -8.26. The molecule has 62 heavy (non-hydrogen) atoms. The number of phosphoric acid groups is 2. The second kappa shape index (κ2) is 16.0. The summed E-state index contributed by atoms with van der Waals surface area (Å²) in [6.45, 7) is 14.7. The highest BCUT2D eigenvalue weighted by atomic mass is 31.2. The Morgan fingerprint density at radius 1 is 0.629 bits per heavy atom. The molecule has 6 heterocycles. The molecule has 20 heteroatoms. The van der Waals surface area contributed by atoms with E-state index in [2.05, 4.69) is 9.97 Å². The predicted molar refractivity (Wildman–Crippen MR) is 225 cm³/mol. The number of aryl methyl sites for hydroxylation is 2. The third-order valence-corrected chi connectivity index (χ3v) is 13.3. The van der Waals surface area contributed by atoms with Gasteiger partial charge in [-0.2, -0.15) is 0 Å². The fourth-order valence-corrected chi connectivity index (χ4v) is 9.81. The van der Waals surface area contributed by atoms with Crippen molar-refractivity contribution in [3.63, 3.8) is 0 Å². The Kier molecular flexibility index (Phi) is 11.3. The van der Waals surface area contributed by atoms with Crippen LogP contribution in [0, 0.1) is 13.8 Å². The first-order valence-electron chi connectivity index (χ1n) is 19.9. The van der Waals surface area contributed by atoms with E-state index in [1.165, 1.54) is 21.5 Å². The molecule has 4 aliphatic rings. The lowest BCUT2D eigenvalue weighted by molar-refractivity contribution is -0.0131. The van der Waals surface area contributed by atoms with Crippen molar-refractivity contribution >= 4 is 15.6 Å². The van der Waals surface area contributed by atoms with Gasteiger partial charge in [0.15, 0.2) is 12.5 Å². The van der Waals surface area contributed by atoms with Crippen LogP contribution in [-0.2, 0) is 60.7 Å². The van der Waals surface area contributed by atoms with E-state index in [9.17, 15) is 28.3 Å². The summed E-state index contributed by atoms with van der Waals surface area (Å²) < 4.78 is 77.5. The number of rotatable bonds is 9. The van der Waals surface area contributed by atoms with Crippen molar-refractivity contribution < 1.29 is 45.7 Å². The van der Waals surface area contributed by atoms with E-state index in [4.69, 9.17) is 36.6 Å². The number of hydrogen-bond acceptors (Lipinski definition) is 14. The number of hydrogen-bond donors (Lipinski definition) is 2. The second-order valence-corrected chi connectivity index (χ2v) is 20.8. The topological polar surface area (TPSA) is 218 Å². The lowest BCUT2D eigenvalue weighted by Gasteiger charge is -2.33. The molecule has 6 atom stereocenters. The second-order valence-electron chi connectivity index (χ2n) is 17.6. The van der Waals surface area contributed by atoms with Gasteiger partial charge in [0.05, 0.1) is 26.4 Å². The molecule has 2 aromatic heterocycles. The van der Waals surface area contributed by atoms with E-state index in [0.29, 0.717) is 33.8 Å². The van der Waals surface area contributed by atoms with E-state index >= 15 is 0 Å². The molecule has 0 unspecified atom stereocenters. The number of aromatic nitrogens is 4. The highest BCUT2D eigenvalue weighted by Gasteiger charge is 2.41. The minimum absolute atomic E-state index is 0.0781. The Morgan fingerprint density at radius 2 is 1.02 bits per heavy atom. The van der Waals surface area contributed by atoms with Gasteiger partial charge in [0.2, 0.25) is 0 Å². The monoisotopic (exact) mass is 894 g/mol. The first-order chi connectivity index (χ1) is 29.1. The van der Waals surface area contributed by atoms with Gasteiger partial charge in [-0.15, -0.1) is 0 Å². The normalized spacial score (nSPS) is 25.6. The molecule has 4 aliphatic heterocycles. The zero-order valence-electron chi connectivity index (χ0n) is 35.4. The summed E-state index contributed by atoms with van der Waals surface area (Å²) in [4.78, 5) is 52.9. The molecule has 0 radical (unpaired) electrons. The van der Waals surface area contributed by atoms with Gasteiger partial charge in [-0.25, -0.2) is 18.7 Å². The largest absolute Gasteiger partial charge is 0.530 e. The van der Waals surface area contributed by atoms with Crippen molar-refractivity contribution in [2.45, 2.75) is 104 Å². The van der Waals surface area contributed by atoms with Gasteiger partial charge in [0, 0.05) is 45.8 Å². The van der Waals surface area contributed by atoms with Gasteiger partial charge < -0.3 is 18.5 Å². The van der Waals surface area contributed by atoms with Crippen molar-refractivity contribution in [1.82, 2.24) is 19.1 Å². The predicted octanol–water partition coefficient (Wildman–Crippen LogP) is 6.64. The van der Waals surface area contributed by atoms with Gasteiger partial charge >= 0.3 is 27.0 Å². The number of fused-ring (bicyclic) bond motifs is 2. The van der Waals surface area contributed by atoms with Crippen LogP contribution in [0.1, 0.15) is 87.4 Å². The molecule has 8 rings (SSSR count). The molecule has 0 fully saturated rings. The van der Waals surface area contributed by atoms with Crippen molar-refractivity contribution in [2.24, 2.45) is 0 Å². The smallest absolute Gasteiger partial charge is 0.403 e. The molecule has 0 spiro atoms. The summed E-state index contributed by atoms with van der Waals surface area (Å²) in [6.07, 6.45) is 6.47. The maximum atomic E-state index is 13.9. The van der Waals surface area contributed by atoms with Gasteiger partial charge in [-0.05, 0) is 72.2 Å². The first-order valence-corrected chi connectivity index (χ1v) is 22.8. The Morgan fingerprint density at radius 3 is 1.39 bits per heavy atom. The number of phosphoric ester groups is 2. The minimum Gasteiger partial charge on any atom is -0.403 e. The molecule has 18 nitrogen and oxygen atoms in total. The standard InChI is InChI=1S/C42H48N4O14P2/c1-23-17-45(39(49)43-37(23)47)33-11-9-29(57-33)21-55-61(51)53-19-27-13-25(15-31(35(27)59-61)41(3,4)5)26-14-28-20-54-62(52,60-36(28)32(16-26)42(6,7)8)56-22-30-10-12-34(58-30)46-18-24(2)38(48)44-40(46)50/h9-18,29-30,33-34H,19-22H2,1-8H3,(H,43,47,49)(H,44,48,50)/t29-,30-,33+,34+,61+,62+/m0/s1. The number of nitrogens with zero attached hydrogens (tertiary/aromatic N) is 2. The first kappa shape index (κ1) is 43.7. The minimum atomic E-state index is -4.13. The van der Waals surface area contributed by atoms with Gasteiger partial charge in [0.1, 0.15) is 23.7 Å². The Balaban J connectivity index is 0.984. The quantitative estimate of drug-likeness (QED) is 0.133. The van der Waals surface area contributed by atoms with Crippen molar-refractivity contribution in [2.75, 3.05) is 13.2 Å². The third kappa shape index (κ3) is 8.84. The summed E-state index contributed by atoms with van der Waals surface area (Å²) in [5.74, 6) is 0.776. The van der Waals surface area contributed by atoms with Crippen LogP contribution in [0.3, 0.4) is 0 Å². The Hall–Kier alpha value is -4.90. The van der Waals surface area contributed by atoms with E-state index < -0.39 is 73.6 Å². The van der Waals surface area contributed by atoms with Crippen LogP contribution in [0.15, 0.2) is 80.1 Å². The van der Waals surface area contributed by atoms with Gasteiger partial charge in [0.25, 0.3) is 11.1 Å². The summed E-state index contributed by atoms with van der Waals surface area (Å²) in [5.41, 5.74) is 1.95. The molecule has 4 aromatic rings. The lowest BCUT2D eigenvalue weighted by Crippen LogP contribution is -2.33. The number of ether oxygens (including phenoxy) is 2. The highest BCUT2D eigenvalue weighted by Crippen LogP contribution is 2.59. The molecular weight excluding hydrogens is 846 g/mol. The summed E-state index contributed by atoms with van der Waals surface area (Å²) >= 11 is 0. The molecule has 2 N–H and O–H groups in total. The maximum Gasteiger partial charge on any atom is 0.530 e. The van der Waals surface area contributed by atoms with E-state index in [1.807, 2.05) is 65.8 Å². The highest BCUT2D eigenvalue weighted by molar-refractivity contribution is 7.49. The fraction of sp³-hybridized carbons (Fsp3) is 0.429. The zero-order valence-corrected chi connectivity index (χ0v) is 37.2. The molecule has 330 valence electrons. The van der Waals surface area contributed by atoms with Crippen LogP contribution in [0.2, 0.25) is 0 Å². The average molecular weight is 895 g/mol. The number of nitrogens with one attached hydrogen (secondary N) is 2. The number of aromatic amines is 2. The van der Waals surface area contributed by atoms with Crippen LogP contribution < -0.4 is 31.5 Å². The fourth-order valence-electron chi connectivity index (χ4n) is 7.32. The van der Waals surface area contributed by atoms with Crippen LogP contribution in [0.25, 0.3) is 11.1 Å². The van der Waals surface area contributed by atoms with Crippen LogP contribution in [-0.4, -0.2) is 44.5 Å². The molecule has 0 bridgehead atoms. The van der Waals surface area contributed by atoms with Crippen molar-refractivity contribution in [3.8, 4) is 22.6 Å². The van der Waals surface area contributed by atoms with Crippen molar-refractivity contribution in [1.29, 1.82) is 0 Å². The molecule has 0 amide bonds. The van der Waals surface area contributed by atoms with Gasteiger partial charge in [-0.3, -0.25) is 46.8 Å². The molecule has 0 saturated heterocycles. The van der Waals surface area contributed by atoms with Crippen molar-refractivity contribution in [3.05, 3.63) is 136 Å². The summed E-state index contributed by atoms with van der Waals surface area (Å²) in [6, 6.07) is 7.76. The molecular formula is C42H48N4O14P2. The third-order valence-electron chi connectivity index (χ3n) is 10.7. The molecule has 0 saturated carbocycles. The molecule has 0 aliphatic carbocycles. The summed E-state index contributed by atoms with van der Waals surface area (Å²) in [5, 5.41) is 0. The average Bonchev–Trinajstić information content (AvgIpc) is 3.88. The van der Waals surface area contributed by atoms with E-state index in [0.717, 1.165) is 22.3 Å². The SMILES string of the molecule is Cc1cn([C@H]2C=C[C@@H](CO[P@@]3(=O)OCc4cc(-c5cc6c(c(C(C)(C)C)c5)O[P@@](=O)(OC[C@@H]5C=C[C@H](n7cc(C)c(=O)[nH]c7=O)O5)OC6)cc(C(C)(C)C)c4O3)O2)c(=O)[nH]c1=O. The number of benzene rings is 2. The number of H-pyrrole nitrogens is 2. The Bertz CT molecular complexity index is 2670. The van der Waals surface area contributed by atoms with Crippen LogP contribution in [0.5, 0.6) is 11.5 Å². The van der Waals surface area contributed by atoms with E-state index in [-0.39, 0.29) is 26.4 Å².